The first kappa shape index (κ1) is 15.1. The zero-order valence-electron chi connectivity index (χ0n) is 12.5. The first-order valence-corrected chi connectivity index (χ1v) is 8.10. The topological polar surface area (TPSA) is 71.2 Å². The van der Waals surface area contributed by atoms with Gasteiger partial charge < -0.3 is 16.0 Å². The molecule has 1 aromatic heterocycles. The van der Waals surface area contributed by atoms with Crippen LogP contribution in [-0.4, -0.2) is 31.0 Å². The third-order valence-corrected chi connectivity index (χ3v) is 5.40. The van der Waals surface area contributed by atoms with Gasteiger partial charge in [-0.15, -0.1) is 0 Å². The summed E-state index contributed by atoms with van der Waals surface area (Å²) in [5.74, 6) is 1.55. The number of carbonyl (C=O) groups excluding carboxylic acids is 1. The minimum atomic E-state index is -0.0881. The fourth-order valence-corrected chi connectivity index (χ4v) is 3.54. The molecule has 1 saturated carbocycles. The van der Waals surface area contributed by atoms with Gasteiger partial charge in [-0.05, 0) is 25.2 Å². The van der Waals surface area contributed by atoms with Crippen molar-refractivity contribution < 1.29 is 4.79 Å². The van der Waals surface area contributed by atoms with E-state index in [1.54, 1.807) is 0 Å². The summed E-state index contributed by atoms with van der Waals surface area (Å²) in [4.78, 5) is 19.0. The number of hydrogen-bond acceptors (Lipinski definition) is 5. The fraction of sp³-hybridized carbons (Fsp3) is 0.714. The molecule has 0 saturated heterocycles. The maximum Gasteiger partial charge on any atom is 0.265 e. The monoisotopic (exact) mass is 296 g/mol. The number of anilines is 2. The minimum absolute atomic E-state index is 0.0881. The predicted molar refractivity (Wildman–Crippen MR) is 84.3 cm³/mol. The molecule has 20 heavy (non-hydrogen) atoms. The van der Waals surface area contributed by atoms with Crippen LogP contribution in [0.4, 0.5) is 10.9 Å². The predicted octanol–water partition coefficient (Wildman–Crippen LogP) is 2.35. The fourth-order valence-electron chi connectivity index (χ4n) is 2.61. The van der Waals surface area contributed by atoms with E-state index in [0.29, 0.717) is 22.5 Å². The molecule has 1 aliphatic carbocycles. The Balaban J connectivity index is 1.96. The smallest absolute Gasteiger partial charge is 0.265 e. The number of amides is 1. The van der Waals surface area contributed by atoms with Crippen molar-refractivity contribution in [2.45, 2.75) is 33.1 Å². The Morgan fingerprint density at radius 3 is 2.90 bits per heavy atom. The summed E-state index contributed by atoms with van der Waals surface area (Å²) < 4.78 is 0. The highest BCUT2D eigenvalue weighted by atomic mass is 32.1. The van der Waals surface area contributed by atoms with E-state index < -0.39 is 0 Å². The van der Waals surface area contributed by atoms with Crippen molar-refractivity contribution in [2.75, 3.05) is 30.8 Å². The maximum atomic E-state index is 12.2. The molecule has 5 nitrogen and oxygen atoms in total. The number of aromatic nitrogens is 1. The molecule has 1 amide bonds. The molecule has 2 rings (SSSR count). The highest BCUT2D eigenvalue weighted by Gasteiger charge is 2.25. The molecule has 112 valence electrons. The minimum Gasteiger partial charge on any atom is -0.382 e. The highest BCUT2D eigenvalue weighted by molar-refractivity contribution is 7.18. The van der Waals surface area contributed by atoms with Crippen LogP contribution in [0.3, 0.4) is 0 Å². The van der Waals surface area contributed by atoms with Crippen molar-refractivity contribution >= 4 is 28.2 Å². The number of hydrogen-bond donors (Lipinski definition) is 2. The summed E-state index contributed by atoms with van der Waals surface area (Å²) in [6, 6.07) is 0. The van der Waals surface area contributed by atoms with Crippen LogP contribution in [0.15, 0.2) is 0 Å². The molecular weight excluding hydrogens is 272 g/mol. The molecule has 6 heteroatoms. The number of carbonyl (C=O) groups is 1. The summed E-state index contributed by atoms with van der Waals surface area (Å²) in [6.07, 6.45) is 3.76. The van der Waals surface area contributed by atoms with E-state index in [9.17, 15) is 4.79 Å². The second-order valence-electron chi connectivity index (χ2n) is 5.60. The van der Waals surface area contributed by atoms with E-state index in [2.05, 4.69) is 17.2 Å². The molecular formula is C14H24N4OS. The van der Waals surface area contributed by atoms with Gasteiger partial charge in [-0.1, -0.05) is 31.1 Å². The molecule has 1 aliphatic rings. The number of nitrogens with zero attached hydrogens (tertiary/aromatic N) is 2. The summed E-state index contributed by atoms with van der Waals surface area (Å²) in [5.41, 5.74) is 5.86. The van der Waals surface area contributed by atoms with Gasteiger partial charge in [-0.2, -0.15) is 0 Å². The zero-order valence-corrected chi connectivity index (χ0v) is 13.3. The lowest BCUT2D eigenvalue weighted by Gasteiger charge is -2.15. The average molecular weight is 296 g/mol. The van der Waals surface area contributed by atoms with E-state index in [-0.39, 0.29) is 5.91 Å². The van der Waals surface area contributed by atoms with E-state index in [0.717, 1.165) is 18.2 Å². The van der Waals surface area contributed by atoms with Crippen LogP contribution in [0.1, 0.15) is 42.8 Å². The third kappa shape index (κ3) is 3.23. The van der Waals surface area contributed by atoms with Crippen molar-refractivity contribution in [3.05, 3.63) is 4.88 Å². The Kier molecular flexibility index (Phi) is 4.86. The van der Waals surface area contributed by atoms with Crippen LogP contribution in [0.2, 0.25) is 0 Å². The summed E-state index contributed by atoms with van der Waals surface area (Å²) >= 11 is 1.36. The number of thiazole rings is 1. The molecule has 1 aromatic rings. The molecule has 0 bridgehead atoms. The van der Waals surface area contributed by atoms with Gasteiger partial charge in [-0.25, -0.2) is 4.98 Å². The Morgan fingerprint density at radius 1 is 1.55 bits per heavy atom. The van der Waals surface area contributed by atoms with Crippen molar-refractivity contribution in [3.63, 3.8) is 0 Å². The summed E-state index contributed by atoms with van der Waals surface area (Å²) in [5, 5.41) is 3.81. The molecule has 2 atom stereocenters. The van der Waals surface area contributed by atoms with Crippen molar-refractivity contribution in [1.29, 1.82) is 0 Å². The van der Waals surface area contributed by atoms with Crippen LogP contribution in [0.5, 0.6) is 0 Å². The van der Waals surface area contributed by atoms with Gasteiger partial charge in [0.05, 0.1) is 0 Å². The zero-order chi connectivity index (χ0) is 14.7. The Hall–Kier alpha value is -1.30. The van der Waals surface area contributed by atoms with Gasteiger partial charge in [-0.3, -0.25) is 4.79 Å². The number of rotatable bonds is 5. The highest BCUT2D eigenvalue weighted by Crippen LogP contribution is 2.31. The summed E-state index contributed by atoms with van der Waals surface area (Å²) in [6.45, 7) is 5.89. The number of nitrogen functional groups attached to an aromatic ring is 1. The second-order valence-corrected chi connectivity index (χ2v) is 6.58. The van der Waals surface area contributed by atoms with E-state index in [1.807, 2.05) is 18.9 Å². The van der Waals surface area contributed by atoms with Crippen molar-refractivity contribution in [2.24, 2.45) is 11.8 Å². The molecule has 0 spiro atoms. The first-order chi connectivity index (χ1) is 9.52. The number of nitrogens with one attached hydrogen (secondary N) is 1. The quantitative estimate of drug-likeness (QED) is 0.875. The van der Waals surface area contributed by atoms with Crippen LogP contribution in [-0.2, 0) is 0 Å². The normalized spacial score (nSPS) is 21.9. The molecule has 1 heterocycles. The van der Waals surface area contributed by atoms with Crippen LogP contribution >= 0.6 is 11.3 Å². The average Bonchev–Trinajstić information content (AvgIpc) is 3.01. The standard InChI is InChI=1S/C14H24N4OS/c1-4-18(3)14-17-12(15)11(20-14)13(19)16-8-10-7-5-6-9(10)2/h9-10H,4-8,15H2,1-3H3,(H,16,19). The Labute approximate surface area is 124 Å². The van der Waals surface area contributed by atoms with Gasteiger partial charge in [0.2, 0.25) is 0 Å². The lowest BCUT2D eigenvalue weighted by molar-refractivity contribution is 0.0949. The molecule has 0 radical (unpaired) electrons. The molecule has 3 N–H and O–H groups in total. The summed E-state index contributed by atoms with van der Waals surface area (Å²) in [7, 11) is 1.94. The maximum absolute atomic E-state index is 12.2. The van der Waals surface area contributed by atoms with Crippen LogP contribution in [0, 0.1) is 11.8 Å². The van der Waals surface area contributed by atoms with Crippen molar-refractivity contribution in [3.8, 4) is 0 Å². The van der Waals surface area contributed by atoms with Crippen molar-refractivity contribution in [1.82, 2.24) is 10.3 Å². The van der Waals surface area contributed by atoms with E-state index in [4.69, 9.17) is 5.73 Å². The van der Waals surface area contributed by atoms with Gasteiger partial charge in [0.1, 0.15) is 10.7 Å². The number of nitrogens with two attached hydrogens (primary N) is 1. The van der Waals surface area contributed by atoms with Gasteiger partial charge in [0.25, 0.3) is 5.91 Å². The Morgan fingerprint density at radius 2 is 2.30 bits per heavy atom. The van der Waals surface area contributed by atoms with E-state index in [1.165, 1.54) is 30.6 Å². The van der Waals surface area contributed by atoms with Gasteiger partial charge >= 0.3 is 0 Å². The Bertz CT molecular complexity index is 474. The molecule has 2 unspecified atom stereocenters. The molecule has 0 aliphatic heterocycles. The third-order valence-electron chi connectivity index (χ3n) is 4.21. The van der Waals surface area contributed by atoms with E-state index >= 15 is 0 Å². The second kappa shape index (κ2) is 6.43. The largest absolute Gasteiger partial charge is 0.382 e. The van der Waals surface area contributed by atoms with Crippen LogP contribution < -0.4 is 16.0 Å². The van der Waals surface area contributed by atoms with Gasteiger partial charge in [0, 0.05) is 20.1 Å². The SMILES string of the molecule is CCN(C)c1nc(N)c(C(=O)NCC2CCCC2C)s1. The lowest BCUT2D eigenvalue weighted by Crippen LogP contribution is -2.30. The molecule has 1 fully saturated rings. The molecule has 0 aromatic carbocycles. The van der Waals surface area contributed by atoms with Gasteiger partial charge in [0.15, 0.2) is 5.13 Å². The van der Waals surface area contributed by atoms with Crippen LogP contribution in [0.25, 0.3) is 0 Å². The first-order valence-electron chi connectivity index (χ1n) is 7.28. The lowest BCUT2D eigenvalue weighted by atomic mass is 9.98.